The molecule has 0 radical (unpaired) electrons. The lowest BCUT2D eigenvalue weighted by molar-refractivity contribution is 0.111. The molecule has 4 aliphatic carbocycles. The molecule has 43 heavy (non-hydrogen) atoms. The lowest BCUT2D eigenvalue weighted by Gasteiger charge is -2.39. The van der Waals surface area contributed by atoms with Crippen LogP contribution in [0.4, 0.5) is 0 Å². The molecular weight excluding hydrogens is 571 g/mol. The molecule has 0 spiro atoms. The summed E-state index contributed by atoms with van der Waals surface area (Å²) in [6, 6.07) is 14.6. The normalized spacial score (nSPS) is 23.0. The molecule has 1 atom stereocenters. The topological polar surface area (TPSA) is 38.7 Å². The van der Waals surface area contributed by atoms with Crippen LogP contribution in [0.25, 0.3) is 0 Å². The zero-order valence-corrected chi connectivity index (χ0v) is 28.2. The van der Waals surface area contributed by atoms with Gasteiger partial charge >= 0.3 is 8.60 Å². The van der Waals surface area contributed by atoms with E-state index in [9.17, 15) is 4.89 Å². The molecule has 0 heterocycles. The summed E-state index contributed by atoms with van der Waals surface area (Å²) in [4.78, 5) is 10.9. The van der Waals surface area contributed by atoms with Gasteiger partial charge in [0.1, 0.15) is 5.60 Å². The van der Waals surface area contributed by atoms with Crippen molar-refractivity contribution in [3.05, 3.63) is 69.8 Å². The van der Waals surface area contributed by atoms with Crippen molar-refractivity contribution in [2.45, 2.75) is 165 Å². The molecule has 0 bridgehead atoms. The maximum Gasteiger partial charge on any atom is 0.348 e. The Labute approximate surface area is 267 Å². The molecule has 4 aliphatic rings. The number of hydrogen-bond donors (Lipinski definition) is 1. The van der Waals surface area contributed by atoms with Gasteiger partial charge in [-0.3, -0.25) is 4.52 Å². The van der Waals surface area contributed by atoms with E-state index in [1.807, 2.05) is 0 Å². The van der Waals surface area contributed by atoms with Crippen molar-refractivity contribution < 1.29 is 13.5 Å². The van der Waals surface area contributed by atoms with Crippen LogP contribution < -0.4 is 0 Å². The second-order valence-corrected chi connectivity index (χ2v) is 15.7. The third-order valence-corrected chi connectivity index (χ3v) is 12.7. The Morgan fingerprint density at radius 3 is 1.28 bits per heavy atom. The highest BCUT2D eigenvalue weighted by atomic mass is 35.5. The van der Waals surface area contributed by atoms with Gasteiger partial charge in [-0.2, -0.15) is 4.08 Å². The summed E-state index contributed by atoms with van der Waals surface area (Å²) < 4.78 is 11.6. The molecule has 0 aromatic heterocycles. The van der Waals surface area contributed by atoms with E-state index in [1.54, 1.807) is 0 Å². The first-order valence-electron chi connectivity index (χ1n) is 17.8. The van der Waals surface area contributed by atoms with Crippen LogP contribution in [-0.4, -0.2) is 4.89 Å². The first-order valence-corrected chi connectivity index (χ1v) is 19.3. The zero-order chi connectivity index (χ0) is 29.6. The van der Waals surface area contributed by atoms with Gasteiger partial charge in [-0.05, 0) is 115 Å². The van der Waals surface area contributed by atoms with Crippen LogP contribution in [0, 0.1) is 0 Å². The van der Waals surface area contributed by atoms with Gasteiger partial charge in [0.25, 0.3) is 0 Å². The minimum Gasteiger partial charge on any atom is -0.327 e. The smallest absolute Gasteiger partial charge is 0.327 e. The van der Waals surface area contributed by atoms with Gasteiger partial charge in [-0.15, -0.1) is 0 Å². The molecule has 1 unspecified atom stereocenters. The summed E-state index contributed by atoms with van der Waals surface area (Å²) in [6.07, 6.45) is 26.0. The van der Waals surface area contributed by atoms with Gasteiger partial charge < -0.3 is 4.89 Å². The van der Waals surface area contributed by atoms with Crippen molar-refractivity contribution in [1.82, 2.24) is 0 Å². The number of hydrogen-bond acceptors (Lipinski definition) is 3. The second kappa shape index (κ2) is 15.1. The first kappa shape index (κ1) is 32.0. The molecule has 2 aromatic rings. The average Bonchev–Trinajstić information content (AvgIpc) is 3.09. The Morgan fingerprint density at radius 2 is 0.930 bits per heavy atom. The van der Waals surface area contributed by atoms with E-state index < -0.39 is 14.2 Å². The first-order chi connectivity index (χ1) is 21.1. The van der Waals surface area contributed by atoms with Crippen LogP contribution >= 0.6 is 20.5 Å². The monoisotopic (exact) mass is 624 g/mol. The van der Waals surface area contributed by atoms with Crippen LogP contribution in [0.5, 0.6) is 0 Å². The molecule has 0 saturated heterocycles. The van der Waals surface area contributed by atoms with E-state index in [0.29, 0.717) is 23.7 Å². The van der Waals surface area contributed by atoms with Crippen LogP contribution in [0.3, 0.4) is 0 Å². The highest BCUT2D eigenvalue weighted by molar-refractivity contribution is 7.41. The molecule has 0 amide bonds. The molecule has 6 rings (SSSR count). The lowest BCUT2D eigenvalue weighted by Crippen LogP contribution is -2.31. The Hall–Kier alpha value is -0.960. The van der Waals surface area contributed by atoms with E-state index >= 15 is 0 Å². The molecule has 4 saturated carbocycles. The summed E-state index contributed by atoms with van der Waals surface area (Å²) in [5, 5.41) is 0. The molecular formula is C38H54ClO3P. The number of benzene rings is 2. The van der Waals surface area contributed by atoms with Crippen molar-refractivity contribution in [3.8, 4) is 0 Å². The van der Waals surface area contributed by atoms with E-state index in [-0.39, 0.29) is 0 Å². The minimum atomic E-state index is -2.25. The van der Waals surface area contributed by atoms with Gasteiger partial charge in [0.05, 0.1) is 11.9 Å². The molecule has 3 nitrogen and oxygen atoms in total. The van der Waals surface area contributed by atoms with Crippen molar-refractivity contribution >= 4 is 20.5 Å². The maximum absolute atomic E-state index is 10.9. The second-order valence-electron chi connectivity index (χ2n) is 14.5. The predicted octanol–water partition coefficient (Wildman–Crippen LogP) is 12.5. The Morgan fingerprint density at radius 1 is 0.581 bits per heavy atom. The maximum atomic E-state index is 10.9. The Balaban J connectivity index is 1.49. The van der Waals surface area contributed by atoms with Crippen molar-refractivity contribution in [3.63, 3.8) is 0 Å². The molecule has 4 fully saturated rings. The Bertz CT molecular complexity index is 1090. The van der Waals surface area contributed by atoms with Crippen molar-refractivity contribution in [2.75, 3.05) is 0 Å². The fourth-order valence-corrected chi connectivity index (χ4v) is 9.95. The third-order valence-electron chi connectivity index (χ3n) is 11.7. The van der Waals surface area contributed by atoms with Crippen molar-refractivity contribution in [2.24, 2.45) is 0 Å². The summed E-state index contributed by atoms with van der Waals surface area (Å²) >= 11 is 5.82. The summed E-state index contributed by atoms with van der Waals surface area (Å²) in [6.45, 7) is 2.19. The van der Waals surface area contributed by atoms with Crippen molar-refractivity contribution in [1.29, 1.82) is 0 Å². The van der Waals surface area contributed by atoms with Crippen LogP contribution in [0.15, 0.2) is 36.4 Å². The van der Waals surface area contributed by atoms with Crippen LogP contribution in [0.2, 0.25) is 0 Å². The highest BCUT2D eigenvalue weighted by Gasteiger charge is 2.41. The van der Waals surface area contributed by atoms with E-state index in [2.05, 4.69) is 43.3 Å². The molecule has 2 aromatic carbocycles. The predicted molar refractivity (Wildman–Crippen MR) is 180 cm³/mol. The average molecular weight is 625 g/mol. The fraction of sp³-hybridized carbons (Fsp3) is 0.684. The Kier molecular flexibility index (Phi) is 11.2. The third kappa shape index (κ3) is 7.38. The summed E-state index contributed by atoms with van der Waals surface area (Å²) in [5.41, 5.74) is 7.44. The van der Waals surface area contributed by atoms with Crippen LogP contribution in [-0.2, 0) is 14.2 Å². The standard InChI is InChI=1S/C38H54ClO3P/c1-38(41-43(40)42-39,36-24-22-32(28-14-6-2-7-15-28)26-34(36)30-18-10-4-11-19-30)37-25-23-33(29-16-8-3-9-17-29)27-35(37)31-20-12-5-13-21-31/h22-31,40H,2-21H2,1H3. The molecule has 5 heteroatoms. The van der Waals surface area contributed by atoms with Gasteiger partial charge in [0.15, 0.2) is 0 Å². The highest BCUT2D eigenvalue weighted by Crippen LogP contribution is 2.53. The van der Waals surface area contributed by atoms with Gasteiger partial charge in [0, 0.05) is 0 Å². The lowest BCUT2D eigenvalue weighted by atomic mass is 9.71. The SMILES string of the molecule is CC(OP(O)OCl)(c1ccc(C2CCCCC2)cc1C1CCCCC1)c1ccc(C2CCCCC2)cc1C1CCCCC1. The van der Waals surface area contributed by atoms with E-state index in [1.165, 1.54) is 162 Å². The molecule has 1 N–H and O–H groups in total. The number of halogens is 1. The quantitative estimate of drug-likeness (QED) is 0.282. The zero-order valence-electron chi connectivity index (χ0n) is 26.5. The van der Waals surface area contributed by atoms with Gasteiger partial charge in [-0.1, -0.05) is 113 Å². The van der Waals surface area contributed by atoms with Crippen LogP contribution in [0.1, 0.15) is 192 Å². The van der Waals surface area contributed by atoms with Gasteiger partial charge in [0.2, 0.25) is 0 Å². The summed E-state index contributed by atoms with van der Waals surface area (Å²) in [5.74, 6) is 2.37. The van der Waals surface area contributed by atoms with E-state index in [0.717, 1.165) is 0 Å². The molecule has 0 aliphatic heterocycles. The summed E-state index contributed by atoms with van der Waals surface area (Å²) in [7, 11) is -2.25. The minimum absolute atomic E-state index is 0.525. The van der Waals surface area contributed by atoms with E-state index in [4.69, 9.17) is 20.5 Å². The van der Waals surface area contributed by atoms with Gasteiger partial charge in [-0.25, -0.2) is 0 Å². The fourth-order valence-electron chi connectivity index (χ4n) is 9.33. The molecule has 236 valence electrons. The largest absolute Gasteiger partial charge is 0.348 e. The number of rotatable bonds is 9.